The van der Waals surface area contributed by atoms with E-state index in [0.29, 0.717) is 0 Å². The van der Waals surface area contributed by atoms with Crippen LogP contribution in [0.1, 0.15) is 0 Å². The number of furan rings is 1. The molecule has 0 fully saturated rings. The van der Waals surface area contributed by atoms with Gasteiger partial charge in [0, 0.05) is 38.0 Å². The van der Waals surface area contributed by atoms with E-state index in [2.05, 4.69) is 205 Å². The first-order valence-corrected chi connectivity index (χ1v) is 22.6. The molecule has 0 saturated heterocycles. The molecule has 0 unspecified atom stereocenters. The maximum atomic E-state index is 6.91. The van der Waals surface area contributed by atoms with Gasteiger partial charge in [0.25, 0.3) is 0 Å². The maximum Gasteiger partial charge on any atom is 0.159 e. The molecule has 3 aromatic heterocycles. The summed E-state index contributed by atoms with van der Waals surface area (Å²) in [5, 5.41) is 8.65. The Morgan fingerprint density at radius 3 is 1.51 bits per heavy atom. The Kier molecular flexibility index (Phi) is 6.92. The molecule has 0 saturated carbocycles. The van der Waals surface area contributed by atoms with E-state index in [1.165, 1.54) is 70.9 Å². The minimum absolute atomic E-state index is 0.935. The standard InChI is InChI=1S/C51H38N2OSi/c1-55(2,3)49-23-13-20-40-39-19-12-22-48(50(39)54-51(40)49)53-44-21-11-10-18-38(44)41-31-35(26-29-47(41)53)36-25-28-46-43(32-36)42-30-34(33-14-6-4-7-15-33)24-27-45(42)52(46)37-16-8-5-9-17-37/h4-32H,1-3H3. The van der Waals surface area contributed by atoms with E-state index in [-0.39, 0.29) is 0 Å². The number of aromatic nitrogens is 2. The van der Waals surface area contributed by atoms with Gasteiger partial charge in [0.15, 0.2) is 5.58 Å². The highest BCUT2D eigenvalue weighted by molar-refractivity contribution is 6.90. The molecule has 8 aromatic carbocycles. The van der Waals surface area contributed by atoms with Gasteiger partial charge in [0.2, 0.25) is 0 Å². The van der Waals surface area contributed by atoms with Crippen molar-refractivity contribution >= 4 is 78.8 Å². The molecule has 0 amide bonds. The van der Waals surface area contributed by atoms with Gasteiger partial charge in [-0.25, -0.2) is 0 Å². The van der Waals surface area contributed by atoms with Crippen LogP contribution in [0.25, 0.3) is 99.2 Å². The molecule has 0 aliphatic heterocycles. The predicted octanol–water partition coefficient (Wildman–Crippen LogP) is 13.7. The third kappa shape index (κ3) is 4.88. The zero-order valence-electron chi connectivity index (χ0n) is 31.0. The third-order valence-electron chi connectivity index (χ3n) is 11.4. The molecule has 0 aliphatic carbocycles. The van der Waals surface area contributed by atoms with Crippen LogP contribution in [0.3, 0.4) is 0 Å². The van der Waals surface area contributed by atoms with Crippen molar-refractivity contribution in [2.75, 3.05) is 0 Å². The van der Waals surface area contributed by atoms with Crippen LogP contribution < -0.4 is 5.19 Å². The topological polar surface area (TPSA) is 23.0 Å². The highest BCUT2D eigenvalue weighted by atomic mass is 28.3. The Labute approximate surface area is 320 Å². The number of benzene rings is 8. The van der Waals surface area contributed by atoms with E-state index in [4.69, 9.17) is 4.42 Å². The number of fused-ring (bicyclic) bond motifs is 9. The van der Waals surface area contributed by atoms with E-state index >= 15 is 0 Å². The van der Waals surface area contributed by atoms with E-state index in [1.807, 2.05) is 0 Å². The minimum atomic E-state index is -1.64. The molecule has 0 atom stereocenters. The second-order valence-corrected chi connectivity index (χ2v) is 20.8. The van der Waals surface area contributed by atoms with Gasteiger partial charge in [-0.05, 0) is 88.1 Å². The minimum Gasteiger partial charge on any atom is -0.454 e. The summed E-state index contributed by atoms with van der Waals surface area (Å²) in [6, 6.07) is 64.2. The Hall–Kier alpha value is -6.62. The summed E-state index contributed by atoms with van der Waals surface area (Å²) in [5.41, 5.74) is 13.8. The molecular formula is C51H38N2OSi. The first kappa shape index (κ1) is 31.9. The molecular weight excluding hydrogens is 685 g/mol. The summed E-state index contributed by atoms with van der Waals surface area (Å²) >= 11 is 0. The van der Waals surface area contributed by atoms with Gasteiger partial charge in [0.1, 0.15) is 5.58 Å². The lowest BCUT2D eigenvalue weighted by molar-refractivity contribution is 0.668. The van der Waals surface area contributed by atoms with Crippen molar-refractivity contribution in [1.82, 2.24) is 9.13 Å². The molecule has 0 bridgehead atoms. The lowest BCUT2D eigenvalue weighted by Crippen LogP contribution is -2.37. The monoisotopic (exact) mass is 722 g/mol. The Morgan fingerprint density at radius 1 is 0.364 bits per heavy atom. The van der Waals surface area contributed by atoms with Gasteiger partial charge < -0.3 is 13.6 Å². The van der Waals surface area contributed by atoms with Crippen molar-refractivity contribution in [3.63, 3.8) is 0 Å². The molecule has 4 heteroatoms. The summed E-state index contributed by atoms with van der Waals surface area (Å²) in [7, 11) is -1.64. The van der Waals surface area contributed by atoms with Crippen LogP contribution in [-0.4, -0.2) is 17.2 Å². The molecule has 11 aromatic rings. The Balaban J connectivity index is 1.12. The number of hydrogen-bond donors (Lipinski definition) is 0. The first-order chi connectivity index (χ1) is 26.9. The summed E-state index contributed by atoms with van der Waals surface area (Å²) in [6.45, 7) is 7.17. The van der Waals surface area contributed by atoms with Crippen LogP contribution in [0.4, 0.5) is 0 Å². The van der Waals surface area contributed by atoms with Crippen molar-refractivity contribution in [1.29, 1.82) is 0 Å². The van der Waals surface area contributed by atoms with E-state index in [0.717, 1.165) is 33.4 Å². The highest BCUT2D eigenvalue weighted by Gasteiger charge is 2.24. The van der Waals surface area contributed by atoms with Gasteiger partial charge >= 0.3 is 0 Å². The maximum absolute atomic E-state index is 6.91. The molecule has 55 heavy (non-hydrogen) atoms. The van der Waals surface area contributed by atoms with Crippen LogP contribution in [0.5, 0.6) is 0 Å². The Bertz CT molecular complexity index is 3290. The number of hydrogen-bond acceptors (Lipinski definition) is 1. The van der Waals surface area contributed by atoms with Crippen LogP contribution in [0.2, 0.25) is 19.6 Å². The van der Waals surface area contributed by atoms with Crippen molar-refractivity contribution in [3.8, 4) is 33.6 Å². The van der Waals surface area contributed by atoms with E-state index < -0.39 is 8.07 Å². The van der Waals surface area contributed by atoms with Crippen LogP contribution in [0, 0.1) is 0 Å². The zero-order chi connectivity index (χ0) is 36.8. The largest absolute Gasteiger partial charge is 0.454 e. The Morgan fingerprint density at radius 2 is 0.855 bits per heavy atom. The second-order valence-electron chi connectivity index (χ2n) is 15.8. The SMILES string of the molecule is C[Si](C)(C)c1cccc2c1oc1c(-n3c4ccccc4c4cc(-c5ccc6c(c5)c5cc(-c7ccccc7)ccc5n6-c5ccccc5)ccc43)cccc12. The lowest BCUT2D eigenvalue weighted by atomic mass is 9.99. The van der Waals surface area contributed by atoms with Crippen molar-refractivity contribution in [2.45, 2.75) is 19.6 Å². The zero-order valence-corrected chi connectivity index (χ0v) is 32.0. The molecule has 3 nitrogen and oxygen atoms in total. The molecule has 11 rings (SSSR count). The van der Waals surface area contributed by atoms with Gasteiger partial charge in [-0.3, -0.25) is 0 Å². The highest BCUT2D eigenvalue weighted by Crippen LogP contribution is 2.41. The number of para-hydroxylation sites is 4. The third-order valence-corrected chi connectivity index (χ3v) is 13.5. The van der Waals surface area contributed by atoms with E-state index in [1.54, 1.807) is 0 Å². The molecule has 0 aliphatic rings. The fourth-order valence-electron chi connectivity index (χ4n) is 8.85. The number of nitrogens with zero attached hydrogens (tertiary/aromatic N) is 2. The van der Waals surface area contributed by atoms with Crippen LogP contribution >= 0.6 is 0 Å². The van der Waals surface area contributed by atoms with Crippen molar-refractivity contribution < 1.29 is 4.42 Å². The van der Waals surface area contributed by atoms with E-state index in [9.17, 15) is 0 Å². The van der Waals surface area contributed by atoms with Gasteiger partial charge in [-0.1, -0.05) is 135 Å². The lowest BCUT2D eigenvalue weighted by Gasteiger charge is -2.16. The summed E-state index contributed by atoms with van der Waals surface area (Å²) in [4.78, 5) is 0. The molecule has 0 radical (unpaired) electrons. The first-order valence-electron chi connectivity index (χ1n) is 19.1. The fourth-order valence-corrected chi connectivity index (χ4v) is 10.3. The average molecular weight is 723 g/mol. The molecule has 0 spiro atoms. The summed E-state index contributed by atoms with van der Waals surface area (Å²) in [6.07, 6.45) is 0. The summed E-state index contributed by atoms with van der Waals surface area (Å²) < 4.78 is 11.7. The molecule has 3 heterocycles. The molecule has 0 N–H and O–H groups in total. The predicted molar refractivity (Wildman–Crippen MR) is 236 cm³/mol. The second kappa shape index (κ2) is 11.9. The van der Waals surface area contributed by atoms with Crippen LogP contribution in [-0.2, 0) is 0 Å². The molecule has 262 valence electrons. The fraction of sp³-hybridized carbons (Fsp3) is 0.0588. The van der Waals surface area contributed by atoms with Gasteiger partial charge in [0.05, 0.1) is 35.8 Å². The average Bonchev–Trinajstić information content (AvgIpc) is 3.88. The van der Waals surface area contributed by atoms with Crippen molar-refractivity contribution in [3.05, 3.63) is 176 Å². The van der Waals surface area contributed by atoms with Gasteiger partial charge in [-0.2, -0.15) is 0 Å². The van der Waals surface area contributed by atoms with Gasteiger partial charge in [-0.15, -0.1) is 0 Å². The van der Waals surface area contributed by atoms with Crippen LogP contribution in [0.15, 0.2) is 180 Å². The smallest absolute Gasteiger partial charge is 0.159 e. The van der Waals surface area contributed by atoms with Crippen molar-refractivity contribution in [2.24, 2.45) is 0 Å². The summed E-state index contributed by atoms with van der Waals surface area (Å²) in [5.74, 6) is 0. The number of rotatable bonds is 5. The quantitative estimate of drug-likeness (QED) is 0.162. The normalized spacial score (nSPS) is 12.3.